The Morgan fingerprint density at radius 3 is 2.50 bits per heavy atom. The molecule has 0 saturated carbocycles. The van der Waals surface area contributed by atoms with Crippen LogP contribution >= 0.6 is 12.6 Å². The van der Waals surface area contributed by atoms with Crippen molar-refractivity contribution in [1.82, 2.24) is 0 Å². The van der Waals surface area contributed by atoms with Gasteiger partial charge in [-0.15, -0.1) is 12.6 Å². The van der Waals surface area contributed by atoms with Gasteiger partial charge in [-0.1, -0.05) is 0 Å². The molecule has 1 atom stereocenters. The fraction of sp³-hybridized carbons (Fsp3) is 0.800. The molecular formula is C5H10O2S. The zero-order chi connectivity index (χ0) is 6.57. The molecule has 0 N–H and O–H groups in total. The summed E-state index contributed by atoms with van der Waals surface area (Å²) in [7, 11) is 1.57. The van der Waals surface area contributed by atoms with Crippen molar-refractivity contribution >= 4 is 17.7 Å². The van der Waals surface area contributed by atoms with Crippen LogP contribution in [0.25, 0.3) is 0 Å². The quantitative estimate of drug-likeness (QED) is 0.580. The van der Waals surface area contributed by atoms with Gasteiger partial charge in [0.15, 0.2) is 5.12 Å². The fourth-order valence-electron chi connectivity index (χ4n) is 0.329. The van der Waals surface area contributed by atoms with Crippen LogP contribution in [0.4, 0.5) is 0 Å². The molecular weight excluding hydrogens is 124 g/mol. The van der Waals surface area contributed by atoms with E-state index < -0.39 is 0 Å². The highest BCUT2D eigenvalue weighted by Gasteiger charge is 2.01. The van der Waals surface area contributed by atoms with Crippen LogP contribution in [-0.4, -0.2) is 18.3 Å². The topological polar surface area (TPSA) is 26.3 Å². The van der Waals surface area contributed by atoms with Crippen molar-refractivity contribution in [3.05, 3.63) is 0 Å². The van der Waals surface area contributed by atoms with Gasteiger partial charge < -0.3 is 4.74 Å². The van der Waals surface area contributed by atoms with Gasteiger partial charge in [0.05, 0.1) is 6.10 Å². The summed E-state index contributed by atoms with van der Waals surface area (Å²) < 4.78 is 4.79. The van der Waals surface area contributed by atoms with Gasteiger partial charge in [-0.2, -0.15) is 0 Å². The molecule has 0 aromatic rings. The van der Waals surface area contributed by atoms with Crippen LogP contribution in [0.3, 0.4) is 0 Å². The lowest BCUT2D eigenvalue weighted by Crippen LogP contribution is -2.07. The average molecular weight is 134 g/mol. The second-order valence-electron chi connectivity index (χ2n) is 1.64. The molecule has 0 spiro atoms. The van der Waals surface area contributed by atoms with Crippen LogP contribution in [0.5, 0.6) is 0 Å². The number of thiol groups is 1. The SMILES string of the molecule is COC(C)CC(=O)S. The molecule has 0 saturated heterocycles. The first-order chi connectivity index (χ1) is 3.66. The molecule has 0 aromatic carbocycles. The molecule has 0 heterocycles. The van der Waals surface area contributed by atoms with Crippen molar-refractivity contribution in [3.8, 4) is 0 Å². The molecule has 8 heavy (non-hydrogen) atoms. The van der Waals surface area contributed by atoms with Gasteiger partial charge in [-0.05, 0) is 6.92 Å². The molecule has 0 amide bonds. The van der Waals surface area contributed by atoms with Crippen LogP contribution < -0.4 is 0 Å². The molecule has 0 aliphatic carbocycles. The summed E-state index contributed by atoms with van der Waals surface area (Å²) in [6.45, 7) is 1.83. The monoisotopic (exact) mass is 134 g/mol. The van der Waals surface area contributed by atoms with Gasteiger partial charge in [0.2, 0.25) is 0 Å². The van der Waals surface area contributed by atoms with Crippen molar-refractivity contribution in [3.63, 3.8) is 0 Å². The molecule has 0 aromatic heterocycles. The maximum absolute atomic E-state index is 10.2. The molecule has 2 nitrogen and oxygen atoms in total. The van der Waals surface area contributed by atoms with E-state index in [1.807, 2.05) is 6.92 Å². The normalized spacial score (nSPS) is 13.4. The Hall–Kier alpha value is -0.0200. The van der Waals surface area contributed by atoms with Crippen molar-refractivity contribution < 1.29 is 9.53 Å². The van der Waals surface area contributed by atoms with E-state index in [4.69, 9.17) is 4.74 Å². The Labute approximate surface area is 54.6 Å². The van der Waals surface area contributed by atoms with Gasteiger partial charge in [0.1, 0.15) is 0 Å². The summed E-state index contributed by atoms with van der Waals surface area (Å²) in [4.78, 5) is 10.2. The van der Waals surface area contributed by atoms with Gasteiger partial charge in [-0.25, -0.2) is 0 Å². The smallest absolute Gasteiger partial charge is 0.188 e. The van der Waals surface area contributed by atoms with Crippen LogP contribution in [0.1, 0.15) is 13.3 Å². The van der Waals surface area contributed by atoms with Crippen LogP contribution in [-0.2, 0) is 9.53 Å². The third-order valence-corrected chi connectivity index (χ3v) is 1.05. The molecule has 0 fully saturated rings. The highest BCUT2D eigenvalue weighted by atomic mass is 32.1. The third-order valence-electron chi connectivity index (χ3n) is 0.864. The summed E-state index contributed by atoms with van der Waals surface area (Å²) in [5.41, 5.74) is 0. The number of ether oxygens (including phenoxy) is 1. The maximum Gasteiger partial charge on any atom is 0.188 e. The molecule has 0 radical (unpaired) electrons. The van der Waals surface area contributed by atoms with Crippen molar-refractivity contribution in [2.75, 3.05) is 7.11 Å². The molecule has 0 aliphatic heterocycles. The summed E-state index contributed by atoms with van der Waals surface area (Å²) >= 11 is 3.57. The van der Waals surface area contributed by atoms with Crippen LogP contribution in [0, 0.1) is 0 Å². The first kappa shape index (κ1) is 7.98. The van der Waals surface area contributed by atoms with Gasteiger partial charge in [0.25, 0.3) is 0 Å². The Balaban J connectivity index is 3.24. The van der Waals surface area contributed by atoms with Gasteiger partial charge in [0, 0.05) is 13.5 Å². The van der Waals surface area contributed by atoms with Gasteiger partial charge >= 0.3 is 0 Å². The number of methoxy groups -OCH3 is 1. The maximum atomic E-state index is 10.2. The number of hydrogen-bond acceptors (Lipinski definition) is 2. The van der Waals surface area contributed by atoms with Crippen molar-refractivity contribution in [2.45, 2.75) is 19.4 Å². The van der Waals surface area contributed by atoms with Crippen molar-refractivity contribution in [1.29, 1.82) is 0 Å². The lowest BCUT2D eigenvalue weighted by Gasteiger charge is -2.03. The zero-order valence-electron chi connectivity index (χ0n) is 5.05. The zero-order valence-corrected chi connectivity index (χ0v) is 5.94. The van der Waals surface area contributed by atoms with Crippen LogP contribution in [0.2, 0.25) is 0 Å². The highest BCUT2D eigenvalue weighted by Crippen LogP contribution is 1.97. The van der Waals surface area contributed by atoms with Gasteiger partial charge in [-0.3, -0.25) is 4.79 Å². The van der Waals surface area contributed by atoms with E-state index in [1.54, 1.807) is 7.11 Å². The Bertz CT molecular complexity index is 82.5. The molecule has 0 rings (SSSR count). The van der Waals surface area contributed by atoms with E-state index in [1.165, 1.54) is 0 Å². The first-order valence-corrected chi connectivity index (χ1v) is 2.86. The standard InChI is InChI=1S/C5H10O2S/c1-4(7-2)3-5(6)8/h4H,3H2,1-2H3,(H,6,8). The van der Waals surface area contributed by atoms with E-state index in [9.17, 15) is 4.79 Å². The number of rotatable bonds is 3. The third kappa shape index (κ3) is 4.15. The Morgan fingerprint density at radius 1 is 1.88 bits per heavy atom. The molecule has 0 aliphatic rings. The summed E-state index contributed by atoms with van der Waals surface area (Å²) in [6, 6.07) is 0. The van der Waals surface area contributed by atoms with E-state index >= 15 is 0 Å². The summed E-state index contributed by atoms with van der Waals surface area (Å²) in [5.74, 6) is 0. The second-order valence-corrected chi connectivity index (χ2v) is 2.14. The number of carbonyl (C=O) groups excluding carboxylic acids is 1. The Morgan fingerprint density at radius 2 is 2.38 bits per heavy atom. The second kappa shape index (κ2) is 3.92. The average Bonchev–Trinajstić information content (AvgIpc) is 1.65. The van der Waals surface area contributed by atoms with E-state index in [2.05, 4.69) is 12.6 Å². The minimum Gasteiger partial charge on any atom is -0.381 e. The van der Waals surface area contributed by atoms with Crippen molar-refractivity contribution in [2.24, 2.45) is 0 Å². The lowest BCUT2D eigenvalue weighted by molar-refractivity contribution is -0.112. The fourth-order valence-corrected chi connectivity index (χ4v) is 0.586. The summed E-state index contributed by atoms with van der Waals surface area (Å²) in [6.07, 6.45) is 0.389. The predicted molar refractivity (Wildman–Crippen MR) is 35.1 cm³/mol. The summed E-state index contributed by atoms with van der Waals surface area (Å²) in [5, 5.41) is -0.126. The van der Waals surface area contributed by atoms with E-state index in [0.29, 0.717) is 6.42 Å². The lowest BCUT2D eigenvalue weighted by atomic mass is 10.3. The molecule has 0 bridgehead atoms. The largest absolute Gasteiger partial charge is 0.381 e. The Kier molecular flexibility index (Phi) is 3.91. The predicted octanol–water partition coefficient (Wildman–Crippen LogP) is 0.868. The molecule has 48 valence electrons. The molecule has 1 unspecified atom stereocenters. The van der Waals surface area contributed by atoms with E-state index in [0.717, 1.165) is 0 Å². The molecule has 3 heteroatoms. The highest BCUT2D eigenvalue weighted by molar-refractivity contribution is 7.96. The number of carbonyl (C=O) groups is 1. The minimum atomic E-state index is -0.126. The van der Waals surface area contributed by atoms with Crippen LogP contribution in [0.15, 0.2) is 0 Å². The minimum absolute atomic E-state index is 0.000000000000000222. The number of hydrogen-bond donors (Lipinski definition) is 1. The van der Waals surface area contributed by atoms with E-state index in [-0.39, 0.29) is 11.2 Å². The first-order valence-electron chi connectivity index (χ1n) is 2.41.